The standard InChI is InChI=1S/C16H14Cl2N4OS/c17-10-1-2-13-11(7-10)20-16(24-13)9-3-5-22(6-4-9)12-8-19-21-15(23)14(12)18/h1-2,7-9H,3-6H2,(H,21,23). The molecule has 124 valence electrons. The highest BCUT2D eigenvalue weighted by Gasteiger charge is 2.25. The van der Waals surface area contributed by atoms with Crippen molar-refractivity contribution in [2.24, 2.45) is 0 Å². The zero-order valence-electron chi connectivity index (χ0n) is 12.6. The van der Waals surface area contributed by atoms with Crippen LogP contribution >= 0.6 is 34.5 Å². The van der Waals surface area contributed by atoms with Crippen molar-refractivity contribution in [1.82, 2.24) is 15.2 Å². The molecule has 0 amide bonds. The quantitative estimate of drug-likeness (QED) is 0.727. The Morgan fingerprint density at radius 1 is 1.25 bits per heavy atom. The minimum atomic E-state index is -0.348. The molecule has 1 aliphatic heterocycles. The van der Waals surface area contributed by atoms with Crippen LogP contribution in [0, 0.1) is 0 Å². The van der Waals surface area contributed by atoms with Gasteiger partial charge in [-0.2, -0.15) is 5.10 Å². The number of nitrogens with one attached hydrogen (secondary N) is 1. The van der Waals surface area contributed by atoms with Gasteiger partial charge in [-0.1, -0.05) is 23.2 Å². The average Bonchev–Trinajstić information content (AvgIpc) is 3.00. The van der Waals surface area contributed by atoms with Gasteiger partial charge in [0.1, 0.15) is 5.02 Å². The molecule has 3 heterocycles. The molecule has 0 saturated carbocycles. The Labute approximate surface area is 152 Å². The van der Waals surface area contributed by atoms with Crippen LogP contribution in [0.15, 0.2) is 29.2 Å². The van der Waals surface area contributed by atoms with Gasteiger partial charge in [0.25, 0.3) is 5.56 Å². The molecule has 3 aromatic rings. The first kappa shape index (κ1) is 15.9. The Morgan fingerprint density at radius 3 is 2.83 bits per heavy atom. The van der Waals surface area contributed by atoms with Gasteiger partial charge in [-0.15, -0.1) is 11.3 Å². The minimum absolute atomic E-state index is 0.207. The topological polar surface area (TPSA) is 61.9 Å². The van der Waals surface area contributed by atoms with Crippen molar-refractivity contribution in [3.05, 3.63) is 49.8 Å². The molecule has 5 nitrogen and oxygen atoms in total. The first-order valence-corrected chi connectivity index (χ1v) is 9.23. The van der Waals surface area contributed by atoms with E-state index in [1.54, 1.807) is 17.5 Å². The number of hydrogen-bond donors (Lipinski definition) is 1. The molecule has 0 atom stereocenters. The Kier molecular flexibility index (Phi) is 4.20. The van der Waals surface area contributed by atoms with Crippen molar-refractivity contribution >= 4 is 50.4 Å². The molecule has 0 unspecified atom stereocenters. The number of piperidine rings is 1. The molecule has 8 heteroatoms. The van der Waals surface area contributed by atoms with E-state index >= 15 is 0 Å². The first-order valence-electron chi connectivity index (χ1n) is 7.66. The largest absolute Gasteiger partial charge is 0.369 e. The lowest BCUT2D eigenvalue weighted by molar-refractivity contribution is 0.503. The third kappa shape index (κ3) is 2.90. The van der Waals surface area contributed by atoms with Crippen molar-refractivity contribution < 1.29 is 0 Å². The van der Waals surface area contributed by atoms with Gasteiger partial charge in [-0.3, -0.25) is 4.79 Å². The Bertz CT molecular complexity index is 947. The van der Waals surface area contributed by atoms with Crippen LogP contribution in [0.25, 0.3) is 10.2 Å². The van der Waals surface area contributed by atoms with Crippen LogP contribution in [0.4, 0.5) is 5.69 Å². The molecule has 1 saturated heterocycles. The SMILES string of the molecule is O=c1[nH]ncc(N2CCC(c3nc4cc(Cl)ccc4s3)CC2)c1Cl. The van der Waals surface area contributed by atoms with E-state index in [2.05, 4.69) is 15.1 Å². The smallest absolute Gasteiger partial charge is 0.285 e. The van der Waals surface area contributed by atoms with Crippen molar-refractivity contribution in [3.63, 3.8) is 0 Å². The maximum Gasteiger partial charge on any atom is 0.285 e. The second-order valence-electron chi connectivity index (χ2n) is 5.82. The number of benzene rings is 1. The molecule has 1 aromatic carbocycles. The maximum absolute atomic E-state index is 11.6. The molecule has 0 aliphatic carbocycles. The Hall–Kier alpha value is -1.63. The molecule has 1 N–H and O–H groups in total. The highest BCUT2D eigenvalue weighted by atomic mass is 35.5. The number of rotatable bonds is 2. The summed E-state index contributed by atoms with van der Waals surface area (Å²) >= 11 is 13.9. The molecule has 0 radical (unpaired) electrons. The maximum atomic E-state index is 11.6. The fraction of sp³-hybridized carbons (Fsp3) is 0.312. The number of nitrogens with zero attached hydrogens (tertiary/aromatic N) is 3. The number of H-pyrrole nitrogens is 1. The number of halogens is 2. The Morgan fingerprint density at radius 2 is 2.04 bits per heavy atom. The molecule has 0 bridgehead atoms. The number of fused-ring (bicyclic) bond motifs is 1. The molecule has 4 rings (SSSR count). The van der Waals surface area contributed by atoms with Gasteiger partial charge in [0.05, 0.1) is 27.1 Å². The lowest BCUT2D eigenvalue weighted by Gasteiger charge is -2.32. The molecule has 1 aliphatic rings. The van der Waals surface area contributed by atoms with Crippen molar-refractivity contribution in [2.75, 3.05) is 18.0 Å². The number of aromatic amines is 1. The predicted molar refractivity (Wildman–Crippen MR) is 98.7 cm³/mol. The summed E-state index contributed by atoms with van der Waals surface area (Å²) in [7, 11) is 0. The van der Waals surface area contributed by atoms with Crippen LogP contribution < -0.4 is 10.5 Å². The molecule has 2 aromatic heterocycles. The van der Waals surface area contributed by atoms with Crippen LogP contribution in [-0.2, 0) is 0 Å². The molecule has 24 heavy (non-hydrogen) atoms. The van der Waals surface area contributed by atoms with Crippen LogP contribution in [0.2, 0.25) is 10.0 Å². The van der Waals surface area contributed by atoms with Gasteiger partial charge >= 0.3 is 0 Å². The van der Waals surface area contributed by atoms with E-state index in [1.807, 2.05) is 18.2 Å². The number of aromatic nitrogens is 3. The van der Waals surface area contributed by atoms with Crippen LogP contribution in [0.1, 0.15) is 23.8 Å². The summed E-state index contributed by atoms with van der Waals surface area (Å²) in [5.74, 6) is 0.422. The van der Waals surface area contributed by atoms with Gasteiger partial charge in [0.15, 0.2) is 0 Å². The Balaban J connectivity index is 1.53. The summed E-state index contributed by atoms with van der Waals surface area (Å²) in [5, 5.41) is 8.27. The number of hydrogen-bond acceptors (Lipinski definition) is 5. The molecule has 0 spiro atoms. The second-order valence-corrected chi connectivity index (χ2v) is 7.70. The average molecular weight is 381 g/mol. The van der Waals surface area contributed by atoms with E-state index in [4.69, 9.17) is 28.2 Å². The van der Waals surface area contributed by atoms with Gasteiger partial charge < -0.3 is 4.90 Å². The van der Waals surface area contributed by atoms with Gasteiger partial charge in [0, 0.05) is 24.0 Å². The van der Waals surface area contributed by atoms with E-state index < -0.39 is 0 Å². The first-order chi connectivity index (χ1) is 11.6. The van der Waals surface area contributed by atoms with E-state index in [9.17, 15) is 4.79 Å². The van der Waals surface area contributed by atoms with Crippen molar-refractivity contribution in [1.29, 1.82) is 0 Å². The molecular formula is C16H14Cl2N4OS. The summed E-state index contributed by atoms with van der Waals surface area (Å²) < 4.78 is 1.17. The van der Waals surface area contributed by atoms with Gasteiger partial charge in [0.2, 0.25) is 0 Å². The molecule has 1 fully saturated rings. The number of anilines is 1. The third-order valence-corrected chi connectivity index (χ3v) is 6.13. The summed E-state index contributed by atoms with van der Waals surface area (Å²) in [6, 6.07) is 5.83. The van der Waals surface area contributed by atoms with E-state index in [0.29, 0.717) is 16.6 Å². The zero-order valence-corrected chi connectivity index (χ0v) is 15.0. The lowest BCUT2D eigenvalue weighted by atomic mass is 9.97. The van der Waals surface area contributed by atoms with Gasteiger partial charge in [-0.25, -0.2) is 10.1 Å². The van der Waals surface area contributed by atoms with E-state index in [1.165, 1.54) is 4.70 Å². The monoisotopic (exact) mass is 380 g/mol. The summed E-state index contributed by atoms with van der Waals surface area (Å²) in [6.45, 7) is 1.65. The second kappa shape index (κ2) is 6.35. The third-order valence-electron chi connectivity index (χ3n) is 4.33. The highest BCUT2D eigenvalue weighted by Crippen LogP contribution is 2.36. The van der Waals surface area contributed by atoms with Crippen LogP contribution in [-0.4, -0.2) is 28.3 Å². The highest BCUT2D eigenvalue weighted by molar-refractivity contribution is 7.18. The lowest BCUT2D eigenvalue weighted by Crippen LogP contribution is -2.34. The normalized spacial score (nSPS) is 16.0. The summed E-state index contributed by atoms with van der Waals surface area (Å²) in [4.78, 5) is 18.5. The van der Waals surface area contributed by atoms with Crippen LogP contribution in [0.3, 0.4) is 0 Å². The zero-order chi connectivity index (χ0) is 16.7. The minimum Gasteiger partial charge on any atom is -0.369 e. The fourth-order valence-corrected chi connectivity index (χ4v) is 4.55. The van der Waals surface area contributed by atoms with Crippen molar-refractivity contribution in [2.45, 2.75) is 18.8 Å². The van der Waals surface area contributed by atoms with Crippen LogP contribution in [0.5, 0.6) is 0 Å². The molecular weight excluding hydrogens is 367 g/mol. The summed E-state index contributed by atoms with van der Waals surface area (Å²) in [5.41, 5.74) is 1.32. The summed E-state index contributed by atoms with van der Waals surface area (Å²) in [6.07, 6.45) is 3.55. The fourth-order valence-electron chi connectivity index (χ4n) is 3.05. The van der Waals surface area contributed by atoms with Crippen molar-refractivity contribution in [3.8, 4) is 0 Å². The van der Waals surface area contributed by atoms with E-state index in [-0.39, 0.29) is 10.6 Å². The predicted octanol–water partition coefficient (Wildman–Crippen LogP) is 4.07. The number of thiazole rings is 1. The van der Waals surface area contributed by atoms with Gasteiger partial charge in [-0.05, 0) is 31.0 Å². The van der Waals surface area contributed by atoms with E-state index in [0.717, 1.165) is 36.5 Å².